The molecule has 0 aliphatic heterocycles. The summed E-state index contributed by atoms with van der Waals surface area (Å²) in [4.78, 5) is 10.5. The molecule has 1 rings (SSSR count). The van der Waals surface area contributed by atoms with Crippen molar-refractivity contribution in [2.45, 2.75) is 31.8 Å². The van der Waals surface area contributed by atoms with Crippen molar-refractivity contribution in [2.75, 3.05) is 0 Å². The highest BCUT2D eigenvalue weighted by molar-refractivity contribution is 5.83. The minimum Gasteiger partial charge on any atom is -0.385 e. The van der Waals surface area contributed by atoms with Gasteiger partial charge >= 0.3 is 0 Å². The lowest BCUT2D eigenvalue weighted by Gasteiger charge is -2.13. The minimum absolute atomic E-state index is 0. The molecule has 0 bridgehead atoms. The Kier molecular flexibility index (Phi) is 3.42. The molecule has 0 aromatic rings. The SMILES string of the molecule is N.O=C1CCCCC1O. The van der Waals surface area contributed by atoms with E-state index in [1.165, 1.54) is 0 Å². The summed E-state index contributed by atoms with van der Waals surface area (Å²) in [6.45, 7) is 0. The summed E-state index contributed by atoms with van der Waals surface area (Å²) in [5.74, 6) is 0.0243. The van der Waals surface area contributed by atoms with Crippen LogP contribution in [0.5, 0.6) is 0 Å². The van der Waals surface area contributed by atoms with E-state index >= 15 is 0 Å². The van der Waals surface area contributed by atoms with E-state index in [2.05, 4.69) is 0 Å². The number of carbonyl (C=O) groups is 1. The molecule has 3 nitrogen and oxygen atoms in total. The van der Waals surface area contributed by atoms with Crippen LogP contribution in [0.3, 0.4) is 0 Å². The second-order valence-corrected chi connectivity index (χ2v) is 2.23. The van der Waals surface area contributed by atoms with E-state index in [0.717, 1.165) is 12.8 Å². The first-order valence-electron chi connectivity index (χ1n) is 3.01. The predicted octanol–water partition coefficient (Wildman–Crippen LogP) is 0.652. The van der Waals surface area contributed by atoms with Gasteiger partial charge in [-0.2, -0.15) is 0 Å². The van der Waals surface area contributed by atoms with Crippen LogP contribution in [-0.2, 0) is 4.79 Å². The molecule has 3 heteroatoms. The third kappa shape index (κ3) is 2.11. The lowest BCUT2D eigenvalue weighted by Crippen LogP contribution is -2.23. The van der Waals surface area contributed by atoms with Crippen molar-refractivity contribution < 1.29 is 9.90 Å². The van der Waals surface area contributed by atoms with Crippen LogP contribution < -0.4 is 6.15 Å². The fourth-order valence-corrected chi connectivity index (χ4v) is 0.965. The largest absolute Gasteiger partial charge is 0.385 e. The molecule has 1 aliphatic carbocycles. The van der Waals surface area contributed by atoms with Crippen LogP contribution in [0, 0.1) is 0 Å². The number of carbonyl (C=O) groups excluding carboxylic acids is 1. The van der Waals surface area contributed by atoms with Gasteiger partial charge < -0.3 is 11.3 Å². The normalized spacial score (nSPS) is 27.2. The number of hydrogen-bond donors (Lipinski definition) is 2. The lowest BCUT2D eigenvalue weighted by molar-refractivity contribution is -0.129. The minimum atomic E-state index is -0.635. The third-order valence-electron chi connectivity index (χ3n) is 1.52. The van der Waals surface area contributed by atoms with Gasteiger partial charge in [0.2, 0.25) is 0 Å². The predicted molar refractivity (Wildman–Crippen MR) is 34.5 cm³/mol. The molecule has 0 aromatic heterocycles. The Morgan fingerprint density at radius 2 is 2.11 bits per heavy atom. The summed E-state index contributed by atoms with van der Waals surface area (Å²) in [5.41, 5.74) is 0. The van der Waals surface area contributed by atoms with Gasteiger partial charge in [0, 0.05) is 6.42 Å². The molecule has 4 N–H and O–H groups in total. The standard InChI is InChI=1S/C6H10O2.H3N/c7-5-3-1-2-4-6(5)8;/h5,7H,1-4H2;1H3. The molecule has 0 spiro atoms. The molecule has 1 saturated carbocycles. The van der Waals surface area contributed by atoms with Crippen LogP contribution in [-0.4, -0.2) is 17.0 Å². The van der Waals surface area contributed by atoms with Gasteiger partial charge in [0.1, 0.15) is 6.10 Å². The molecular weight excluding hydrogens is 118 g/mol. The van der Waals surface area contributed by atoms with Crippen molar-refractivity contribution in [1.82, 2.24) is 6.15 Å². The van der Waals surface area contributed by atoms with Crippen LogP contribution in [0.1, 0.15) is 25.7 Å². The highest BCUT2D eigenvalue weighted by atomic mass is 16.3. The molecule has 1 unspecified atom stereocenters. The number of aliphatic hydroxyl groups excluding tert-OH is 1. The molecule has 0 aromatic carbocycles. The third-order valence-corrected chi connectivity index (χ3v) is 1.52. The van der Waals surface area contributed by atoms with Gasteiger partial charge in [0.05, 0.1) is 0 Å². The van der Waals surface area contributed by atoms with Crippen LogP contribution in [0.2, 0.25) is 0 Å². The summed E-state index contributed by atoms with van der Waals surface area (Å²) >= 11 is 0. The molecule has 54 valence electrons. The molecule has 1 fully saturated rings. The van der Waals surface area contributed by atoms with Crippen molar-refractivity contribution in [3.63, 3.8) is 0 Å². The zero-order valence-electron chi connectivity index (χ0n) is 5.47. The molecule has 1 aliphatic rings. The Balaban J connectivity index is 0.000000640. The maximum Gasteiger partial charge on any atom is 0.161 e. The maximum atomic E-state index is 10.5. The Labute approximate surface area is 54.6 Å². The van der Waals surface area contributed by atoms with Crippen molar-refractivity contribution >= 4 is 5.78 Å². The van der Waals surface area contributed by atoms with Crippen LogP contribution in [0.15, 0.2) is 0 Å². The van der Waals surface area contributed by atoms with Gasteiger partial charge in [0.25, 0.3) is 0 Å². The summed E-state index contributed by atoms with van der Waals surface area (Å²) in [6, 6.07) is 0. The monoisotopic (exact) mass is 131 g/mol. The Morgan fingerprint density at radius 1 is 1.44 bits per heavy atom. The van der Waals surface area contributed by atoms with Gasteiger partial charge in [-0.1, -0.05) is 0 Å². The van der Waals surface area contributed by atoms with Crippen molar-refractivity contribution in [1.29, 1.82) is 0 Å². The number of ketones is 1. The van der Waals surface area contributed by atoms with E-state index in [-0.39, 0.29) is 11.9 Å². The fraction of sp³-hybridized carbons (Fsp3) is 0.833. The highest BCUT2D eigenvalue weighted by Gasteiger charge is 2.18. The number of rotatable bonds is 0. The van der Waals surface area contributed by atoms with Crippen molar-refractivity contribution in [3.05, 3.63) is 0 Å². The van der Waals surface area contributed by atoms with E-state index < -0.39 is 6.10 Å². The smallest absolute Gasteiger partial charge is 0.161 e. The molecule has 0 amide bonds. The average Bonchev–Trinajstić information content (AvgIpc) is 1.77. The molecule has 0 radical (unpaired) electrons. The second-order valence-electron chi connectivity index (χ2n) is 2.23. The van der Waals surface area contributed by atoms with Gasteiger partial charge in [-0.25, -0.2) is 0 Å². The summed E-state index contributed by atoms with van der Waals surface area (Å²) in [5, 5.41) is 8.83. The Bertz CT molecular complexity index is 103. The Morgan fingerprint density at radius 3 is 2.44 bits per heavy atom. The second kappa shape index (κ2) is 3.58. The quantitative estimate of drug-likeness (QED) is 0.507. The highest BCUT2D eigenvalue weighted by Crippen LogP contribution is 2.13. The molecule has 9 heavy (non-hydrogen) atoms. The maximum absolute atomic E-state index is 10.5. The van der Waals surface area contributed by atoms with E-state index in [1.54, 1.807) is 0 Å². The van der Waals surface area contributed by atoms with E-state index in [0.29, 0.717) is 12.8 Å². The van der Waals surface area contributed by atoms with E-state index in [1.807, 2.05) is 0 Å². The zero-order chi connectivity index (χ0) is 5.98. The Hall–Kier alpha value is -0.410. The van der Waals surface area contributed by atoms with Crippen molar-refractivity contribution in [3.8, 4) is 0 Å². The lowest BCUT2D eigenvalue weighted by atomic mass is 9.97. The fourth-order valence-electron chi connectivity index (χ4n) is 0.965. The summed E-state index contributed by atoms with van der Waals surface area (Å²) < 4.78 is 0. The average molecular weight is 131 g/mol. The van der Waals surface area contributed by atoms with E-state index in [4.69, 9.17) is 5.11 Å². The summed E-state index contributed by atoms with van der Waals surface area (Å²) in [7, 11) is 0. The first-order chi connectivity index (χ1) is 3.80. The molecule has 0 saturated heterocycles. The molecular formula is C6H13NO2. The topological polar surface area (TPSA) is 72.3 Å². The molecule has 1 atom stereocenters. The number of hydrogen-bond acceptors (Lipinski definition) is 3. The number of aliphatic hydroxyl groups is 1. The van der Waals surface area contributed by atoms with E-state index in [9.17, 15) is 4.79 Å². The van der Waals surface area contributed by atoms with Gasteiger partial charge in [-0.15, -0.1) is 0 Å². The molecule has 0 heterocycles. The van der Waals surface area contributed by atoms with Gasteiger partial charge in [-0.3, -0.25) is 4.79 Å². The van der Waals surface area contributed by atoms with Crippen LogP contribution in [0.4, 0.5) is 0 Å². The first kappa shape index (κ1) is 8.59. The van der Waals surface area contributed by atoms with Crippen LogP contribution >= 0.6 is 0 Å². The van der Waals surface area contributed by atoms with Gasteiger partial charge in [0.15, 0.2) is 5.78 Å². The van der Waals surface area contributed by atoms with Crippen LogP contribution in [0.25, 0.3) is 0 Å². The zero-order valence-corrected chi connectivity index (χ0v) is 5.47. The van der Waals surface area contributed by atoms with Gasteiger partial charge in [-0.05, 0) is 19.3 Å². The summed E-state index contributed by atoms with van der Waals surface area (Å²) in [6.07, 6.45) is 2.60. The van der Waals surface area contributed by atoms with Crippen molar-refractivity contribution in [2.24, 2.45) is 0 Å². The first-order valence-corrected chi connectivity index (χ1v) is 3.01. The number of Topliss-reactive ketones (excluding diaryl/α,β-unsaturated/α-hetero) is 1.